The van der Waals surface area contributed by atoms with E-state index in [9.17, 15) is 14.4 Å². The van der Waals surface area contributed by atoms with Gasteiger partial charge in [0, 0.05) is 28.8 Å². The van der Waals surface area contributed by atoms with Gasteiger partial charge in [-0.05, 0) is 13.0 Å². The van der Waals surface area contributed by atoms with Crippen LogP contribution >= 0.6 is 0 Å². The first-order chi connectivity index (χ1) is 14.6. The largest absolute Gasteiger partial charge is 0.496 e. The molecule has 0 saturated heterocycles. The predicted molar refractivity (Wildman–Crippen MR) is 113 cm³/mol. The number of nitrogens with one attached hydrogen (secondary N) is 2. The first-order valence-corrected chi connectivity index (χ1v) is 9.72. The van der Waals surface area contributed by atoms with Crippen molar-refractivity contribution in [3.8, 4) is 5.75 Å². The molecule has 1 aliphatic carbocycles. The number of hydrogen-bond donors (Lipinski definition) is 2. The van der Waals surface area contributed by atoms with Gasteiger partial charge in [-0.15, -0.1) is 0 Å². The number of carbonyl (C=O) groups excluding carboxylic acids is 1. The van der Waals surface area contributed by atoms with Crippen LogP contribution in [0, 0.1) is 0 Å². The van der Waals surface area contributed by atoms with Gasteiger partial charge in [0.1, 0.15) is 11.6 Å². The van der Waals surface area contributed by atoms with Crippen molar-refractivity contribution in [2.24, 2.45) is 0 Å². The van der Waals surface area contributed by atoms with Crippen molar-refractivity contribution >= 4 is 17.3 Å². The van der Waals surface area contributed by atoms with Crippen molar-refractivity contribution in [2.75, 3.05) is 12.4 Å². The van der Waals surface area contributed by atoms with E-state index < -0.39 is 17.2 Å². The van der Waals surface area contributed by atoms with E-state index in [2.05, 4.69) is 10.3 Å². The smallest absolute Gasteiger partial charge is 0.329 e. The van der Waals surface area contributed by atoms with Crippen molar-refractivity contribution in [1.82, 2.24) is 9.55 Å². The van der Waals surface area contributed by atoms with Crippen LogP contribution in [0.3, 0.4) is 0 Å². The zero-order valence-electron chi connectivity index (χ0n) is 16.5. The average molecular weight is 401 g/mol. The van der Waals surface area contributed by atoms with Crippen LogP contribution < -0.4 is 21.3 Å². The molecule has 5 rings (SSSR count). The number of hydrogen-bond acceptors (Lipinski definition) is 5. The van der Waals surface area contributed by atoms with E-state index in [1.807, 2.05) is 43.3 Å². The molecule has 0 spiro atoms. The number of benzene rings is 2. The number of anilines is 1. The second kappa shape index (κ2) is 6.59. The van der Waals surface area contributed by atoms with Crippen LogP contribution in [0.1, 0.15) is 39.9 Å². The van der Waals surface area contributed by atoms with Crippen molar-refractivity contribution < 1.29 is 9.53 Å². The molecule has 150 valence electrons. The Hall–Kier alpha value is -3.87. The minimum absolute atomic E-state index is 0.136. The number of para-hydroxylation sites is 1. The summed E-state index contributed by atoms with van der Waals surface area (Å²) in [6, 6.07) is 14.6. The van der Waals surface area contributed by atoms with E-state index >= 15 is 0 Å². The molecule has 7 heteroatoms. The fourth-order valence-corrected chi connectivity index (χ4v) is 4.48. The molecular weight excluding hydrogens is 382 g/mol. The van der Waals surface area contributed by atoms with Gasteiger partial charge in [0.15, 0.2) is 5.78 Å². The second-order valence-corrected chi connectivity index (χ2v) is 7.23. The molecule has 1 unspecified atom stereocenters. The van der Waals surface area contributed by atoms with Crippen LogP contribution in [-0.4, -0.2) is 22.4 Å². The third kappa shape index (κ3) is 2.35. The lowest BCUT2D eigenvalue weighted by Crippen LogP contribution is -2.38. The van der Waals surface area contributed by atoms with E-state index in [4.69, 9.17) is 4.74 Å². The highest BCUT2D eigenvalue weighted by molar-refractivity contribution is 6.23. The Morgan fingerprint density at radius 3 is 2.43 bits per heavy atom. The van der Waals surface area contributed by atoms with Gasteiger partial charge >= 0.3 is 5.69 Å². The number of H-pyrrole nitrogens is 1. The number of Topliss-reactive ketones (excluding diaryl/α,β-unsaturated/α-hetero) is 1. The maximum absolute atomic E-state index is 13.4. The fraction of sp³-hybridized carbons (Fsp3) is 0.174. The van der Waals surface area contributed by atoms with Crippen LogP contribution in [0.2, 0.25) is 0 Å². The number of allylic oxidation sites excluding steroid dienone is 1. The van der Waals surface area contributed by atoms with Gasteiger partial charge in [0.25, 0.3) is 5.56 Å². The van der Waals surface area contributed by atoms with E-state index in [-0.39, 0.29) is 5.78 Å². The van der Waals surface area contributed by atoms with Gasteiger partial charge in [0.2, 0.25) is 0 Å². The number of fused-ring (bicyclic) bond motifs is 3. The van der Waals surface area contributed by atoms with Crippen LogP contribution in [-0.2, 0) is 6.54 Å². The van der Waals surface area contributed by atoms with E-state index in [0.29, 0.717) is 46.1 Å². The summed E-state index contributed by atoms with van der Waals surface area (Å²) >= 11 is 0. The quantitative estimate of drug-likeness (QED) is 0.704. The van der Waals surface area contributed by atoms with Crippen LogP contribution in [0.4, 0.5) is 5.82 Å². The van der Waals surface area contributed by atoms with E-state index in [1.165, 1.54) is 4.57 Å². The molecule has 2 aromatic carbocycles. The Labute approximate surface area is 171 Å². The van der Waals surface area contributed by atoms with Gasteiger partial charge in [-0.3, -0.25) is 19.1 Å². The number of ether oxygens (including phenoxy) is 1. The highest BCUT2D eigenvalue weighted by atomic mass is 16.5. The SMILES string of the molecule is CCn1c2c(c(=O)[nH]c1=O)C(c1ccccc1OC)C1=C(N2)c2ccccc2C1=O. The molecule has 2 aliphatic rings. The van der Waals surface area contributed by atoms with E-state index in [1.54, 1.807) is 19.2 Å². The molecule has 30 heavy (non-hydrogen) atoms. The number of ketones is 1. The van der Waals surface area contributed by atoms with Crippen molar-refractivity contribution in [3.63, 3.8) is 0 Å². The zero-order valence-corrected chi connectivity index (χ0v) is 16.5. The number of nitrogens with zero attached hydrogens (tertiary/aromatic N) is 1. The topological polar surface area (TPSA) is 93.2 Å². The van der Waals surface area contributed by atoms with Crippen molar-refractivity contribution in [2.45, 2.75) is 19.4 Å². The molecule has 0 fully saturated rings. The van der Waals surface area contributed by atoms with Gasteiger partial charge in [-0.1, -0.05) is 42.5 Å². The third-order valence-electron chi connectivity index (χ3n) is 5.78. The van der Waals surface area contributed by atoms with Gasteiger partial charge in [-0.2, -0.15) is 0 Å². The highest BCUT2D eigenvalue weighted by Crippen LogP contribution is 2.49. The van der Waals surface area contributed by atoms with Crippen molar-refractivity contribution in [1.29, 1.82) is 0 Å². The van der Waals surface area contributed by atoms with Gasteiger partial charge in [0.05, 0.1) is 24.3 Å². The number of rotatable bonds is 3. The maximum atomic E-state index is 13.4. The molecule has 3 aromatic rings. The fourth-order valence-electron chi connectivity index (χ4n) is 4.48. The maximum Gasteiger partial charge on any atom is 0.329 e. The molecule has 0 radical (unpaired) electrons. The lowest BCUT2D eigenvalue weighted by molar-refractivity contribution is 0.103. The van der Waals surface area contributed by atoms with Crippen LogP contribution in [0.15, 0.2) is 63.7 Å². The Morgan fingerprint density at radius 2 is 1.70 bits per heavy atom. The Kier molecular flexibility index (Phi) is 3.99. The molecule has 0 saturated carbocycles. The first kappa shape index (κ1) is 18.2. The van der Waals surface area contributed by atoms with Crippen LogP contribution in [0.5, 0.6) is 5.75 Å². The number of carbonyl (C=O) groups is 1. The summed E-state index contributed by atoms with van der Waals surface area (Å²) in [5.74, 6) is 0.169. The molecule has 1 aromatic heterocycles. The summed E-state index contributed by atoms with van der Waals surface area (Å²) in [4.78, 5) is 41.3. The molecule has 0 amide bonds. The third-order valence-corrected chi connectivity index (χ3v) is 5.78. The molecule has 0 bridgehead atoms. The standard InChI is InChI=1S/C23H19N3O4/c1-3-26-21-18(22(28)25-23(26)29)16(14-10-6-7-11-15(14)30-2)17-19(24-21)12-8-4-5-9-13(12)20(17)27/h4-11,16,24H,3H2,1-2H3,(H,25,28,29). The van der Waals surface area contributed by atoms with Crippen LogP contribution in [0.25, 0.3) is 5.70 Å². The summed E-state index contributed by atoms with van der Waals surface area (Å²) in [5, 5.41) is 3.24. The molecule has 2 N–H and O–H groups in total. The van der Waals surface area contributed by atoms with Gasteiger partial charge in [-0.25, -0.2) is 4.79 Å². The summed E-state index contributed by atoms with van der Waals surface area (Å²) in [7, 11) is 1.55. The van der Waals surface area contributed by atoms with E-state index in [0.717, 1.165) is 5.56 Å². The highest BCUT2D eigenvalue weighted by Gasteiger charge is 2.43. The number of aromatic amines is 1. The Bertz CT molecular complexity index is 1360. The molecule has 1 aliphatic heterocycles. The van der Waals surface area contributed by atoms with Gasteiger partial charge < -0.3 is 10.1 Å². The monoisotopic (exact) mass is 401 g/mol. The lowest BCUT2D eigenvalue weighted by atomic mass is 9.81. The number of methoxy groups -OCH3 is 1. The first-order valence-electron chi connectivity index (χ1n) is 9.72. The summed E-state index contributed by atoms with van der Waals surface area (Å²) in [6.07, 6.45) is 0. The second-order valence-electron chi connectivity index (χ2n) is 7.23. The molecule has 1 atom stereocenters. The Morgan fingerprint density at radius 1 is 1.00 bits per heavy atom. The van der Waals surface area contributed by atoms with Crippen molar-refractivity contribution in [3.05, 3.63) is 97.2 Å². The minimum atomic E-state index is -0.672. The average Bonchev–Trinajstić information content (AvgIpc) is 3.05. The molecular formula is C23H19N3O4. The normalized spacial score (nSPS) is 16.6. The number of aromatic nitrogens is 2. The summed E-state index contributed by atoms with van der Waals surface area (Å²) in [6.45, 7) is 2.19. The minimum Gasteiger partial charge on any atom is -0.496 e. The Balaban J connectivity index is 1.90. The lowest BCUT2D eigenvalue weighted by Gasteiger charge is -2.30. The summed E-state index contributed by atoms with van der Waals surface area (Å²) < 4.78 is 7.04. The molecule has 7 nitrogen and oxygen atoms in total. The molecule has 2 heterocycles. The summed E-state index contributed by atoms with van der Waals surface area (Å²) in [5.41, 5.74) is 2.48. The zero-order chi connectivity index (χ0) is 21.0. The predicted octanol–water partition coefficient (Wildman–Crippen LogP) is 2.73.